The van der Waals surface area contributed by atoms with Gasteiger partial charge in [0, 0.05) is 12.6 Å². The van der Waals surface area contributed by atoms with Gasteiger partial charge in [0.15, 0.2) is 0 Å². The molecular formula is C16H21F3N2O2. The Hall–Kier alpha value is -1.60. The van der Waals surface area contributed by atoms with Crippen LogP contribution in [0.5, 0.6) is 0 Å². The number of halogens is 3. The largest absolute Gasteiger partial charge is 0.418 e. The van der Waals surface area contributed by atoms with Gasteiger partial charge in [-0.3, -0.25) is 9.69 Å². The Labute approximate surface area is 133 Å². The molecule has 23 heavy (non-hydrogen) atoms. The third kappa shape index (κ3) is 5.51. The van der Waals surface area contributed by atoms with Gasteiger partial charge in [-0.2, -0.15) is 13.2 Å². The van der Waals surface area contributed by atoms with Crippen molar-refractivity contribution in [3.8, 4) is 0 Å². The second-order valence-corrected chi connectivity index (χ2v) is 5.72. The van der Waals surface area contributed by atoms with Crippen LogP contribution >= 0.6 is 0 Å². The molecule has 0 atom stereocenters. The quantitative estimate of drug-likeness (QED) is 0.721. The van der Waals surface area contributed by atoms with Gasteiger partial charge in [-0.05, 0) is 44.4 Å². The zero-order chi connectivity index (χ0) is 16.9. The van der Waals surface area contributed by atoms with E-state index in [1.165, 1.54) is 18.2 Å². The maximum Gasteiger partial charge on any atom is 0.418 e. The molecule has 2 rings (SSSR count). The lowest BCUT2D eigenvalue weighted by Crippen LogP contribution is -2.36. The van der Waals surface area contributed by atoms with Gasteiger partial charge in [-0.1, -0.05) is 12.1 Å². The van der Waals surface area contributed by atoms with E-state index in [1.54, 1.807) is 0 Å². The fourth-order valence-electron chi connectivity index (χ4n) is 2.47. The van der Waals surface area contributed by atoms with Crippen LogP contribution in [0, 0.1) is 0 Å². The number of aliphatic hydroxyl groups is 1. The molecule has 7 heteroatoms. The molecule has 1 amide bonds. The van der Waals surface area contributed by atoms with Gasteiger partial charge in [0.25, 0.3) is 0 Å². The van der Waals surface area contributed by atoms with Crippen molar-refractivity contribution in [2.24, 2.45) is 0 Å². The van der Waals surface area contributed by atoms with E-state index in [4.69, 9.17) is 5.11 Å². The van der Waals surface area contributed by atoms with Crippen LogP contribution in [0.15, 0.2) is 24.3 Å². The monoisotopic (exact) mass is 330 g/mol. The zero-order valence-electron chi connectivity index (χ0n) is 12.8. The Bertz CT molecular complexity index is 530. The summed E-state index contributed by atoms with van der Waals surface area (Å²) in [5, 5.41) is 11.2. The minimum absolute atomic E-state index is 0.0717. The smallest absolute Gasteiger partial charge is 0.396 e. The number of nitrogens with one attached hydrogen (secondary N) is 1. The zero-order valence-corrected chi connectivity index (χ0v) is 12.8. The maximum atomic E-state index is 12.9. The fourth-order valence-corrected chi connectivity index (χ4v) is 2.47. The van der Waals surface area contributed by atoms with Gasteiger partial charge in [0.2, 0.25) is 5.91 Å². The van der Waals surface area contributed by atoms with Crippen molar-refractivity contribution in [2.45, 2.75) is 37.9 Å². The molecule has 1 saturated carbocycles. The molecule has 1 aliphatic rings. The molecule has 128 valence electrons. The average Bonchev–Trinajstić information content (AvgIpc) is 3.30. The number of alkyl halides is 3. The average molecular weight is 330 g/mol. The second-order valence-electron chi connectivity index (χ2n) is 5.72. The number of hydrogen-bond acceptors (Lipinski definition) is 3. The molecule has 0 heterocycles. The summed E-state index contributed by atoms with van der Waals surface area (Å²) in [6.07, 6.45) is -1.07. The van der Waals surface area contributed by atoms with E-state index in [0.717, 1.165) is 25.3 Å². The standard InChI is InChI=1S/C16H21F3N2O2/c17-16(18,19)13-5-1-2-6-14(13)20-15(23)11-21(12-7-8-12)9-3-4-10-22/h1-2,5-6,12,22H,3-4,7-11H2,(H,20,23). The Balaban J connectivity index is 1.96. The number of unbranched alkanes of at least 4 members (excludes halogenated alkanes) is 1. The number of nitrogens with zero attached hydrogens (tertiary/aromatic N) is 1. The van der Waals surface area contributed by atoms with Crippen molar-refractivity contribution >= 4 is 11.6 Å². The molecule has 0 unspecified atom stereocenters. The summed E-state index contributed by atoms with van der Waals surface area (Å²) < 4.78 is 38.8. The molecule has 0 bridgehead atoms. The number of rotatable bonds is 8. The Morgan fingerprint density at radius 3 is 2.57 bits per heavy atom. The molecule has 1 aromatic carbocycles. The van der Waals surface area contributed by atoms with Gasteiger partial charge < -0.3 is 10.4 Å². The Morgan fingerprint density at radius 2 is 1.96 bits per heavy atom. The normalized spacial score (nSPS) is 15.0. The molecule has 1 aliphatic carbocycles. The number of hydrogen-bond donors (Lipinski definition) is 2. The molecule has 1 aromatic rings. The highest BCUT2D eigenvalue weighted by atomic mass is 19.4. The maximum absolute atomic E-state index is 12.9. The van der Waals surface area contributed by atoms with Crippen molar-refractivity contribution in [3.05, 3.63) is 29.8 Å². The summed E-state index contributed by atoms with van der Waals surface area (Å²) in [5.41, 5.74) is -1.05. The first kappa shape index (κ1) is 17.7. The summed E-state index contributed by atoms with van der Waals surface area (Å²) in [6.45, 7) is 0.839. The van der Waals surface area contributed by atoms with E-state index in [9.17, 15) is 18.0 Å². The van der Waals surface area contributed by atoms with E-state index in [-0.39, 0.29) is 18.8 Å². The number of carbonyl (C=O) groups is 1. The fraction of sp³-hybridized carbons (Fsp3) is 0.562. The molecule has 0 saturated heterocycles. The lowest BCUT2D eigenvalue weighted by molar-refractivity contribution is -0.137. The van der Waals surface area contributed by atoms with Crippen LogP contribution in [-0.4, -0.2) is 41.7 Å². The van der Waals surface area contributed by atoms with E-state index in [1.807, 2.05) is 4.90 Å². The van der Waals surface area contributed by atoms with Crippen molar-refractivity contribution in [1.82, 2.24) is 4.90 Å². The molecule has 0 aliphatic heterocycles. The van der Waals surface area contributed by atoms with Crippen LogP contribution in [-0.2, 0) is 11.0 Å². The number of amides is 1. The highest BCUT2D eigenvalue weighted by molar-refractivity contribution is 5.93. The molecule has 0 aromatic heterocycles. The number of carbonyl (C=O) groups excluding carboxylic acids is 1. The first-order chi connectivity index (χ1) is 10.9. The molecule has 0 radical (unpaired) electrons. The van der Waals surface area contributed by atoms with Crippen LogP contribution in [0.25, 0.3) is 0 Å². The van der Waals surface area contributed by atoms with Gasteiger partial charge in [-0.25, -0.2) is 0 Å². The van der Waals surface area contributed by atoms with Gasteiger partial charge in [0.1, 0.15) is 0 Å². The third-order valence-electron chi connectivity index (χ3n) is 3.77. The Kier molecular flexibility index (Phi) is 6.01. The third-order valence-corrected chi connectivity index (χ3v) is 3.77. The topological polar surface area (TPSA) is 52.6 Å². The van der Waals surface area contributed by atoms with Crippen LogP contribution in [0.4, 0.5) is 18.9 Å². The highest BCUT2D eigenvalue weighted by Crippen LogP contribution is 2.34. The number of benzene rings is 1. The van der Waals surface area contributed by atoms with Gasteiger partial charge >= 0.3 is 6.18 Å². The second kappa shape index (κ2) is 7.79. The summed E-state index contributed by atoms with van der Waals surface area (Å²) >= 11 is 0. The Morgan fingerprint density at radius 1 is 1.26 bits per heavy atom. The lowest BCUT2D eigenvalue weighted by Gasteiger charge is -2.22. The SMILES string of the molecule is O=C(CN(CCCCO)C1CC1)Nc1ccccc1C(F)(F)F. The first-order valence-corrected chi connectivity index (χ1v) is 7.73. The van der Waals surface area contributed by atoms with Gasteiger partial charge in [-0.15, -0.1) is 0 Å². The van der Waals surface area contributed by atoms with Crippen molar-refractivity contribution in [2.75, 3.05) is 25.0 Å². The van der Waals surface area contributed by atoms with Crippen LogP contribution in [0.3, 0.4) is 0 Å². The van der Waals surface area contributed by atoms with E-state index in [2.05, 4.69) is 5.32 Å². The summed E-state index contributed by atoms with van der Waals surface area (Å²) in [5.74, 6) is -0.447. The van der Waals surface area contributed by atoms with E-state index >= 15 is 0 Å². The molecule has 2 N–H and O–H groups in total. The van der Waals surface area contributed by atoms with Crippen molar-refractivity contribution in [1.29, 1.82) is 0 Å². The summed E-state index contributed by atoms with van der Waals surface area (Å²) in [7, 11) is 0. The molecule has 1 fully saturated rings. The molecule has 0 spiro atoms. The van der Waals surface area contributed by atoms with Gasteiger partial charge in [0.05, 0.1) is 17.8 Å². The minimum Gasteiger partial charge on any atom is -0.396 e. The highest BCUT2D eigenvalue weighted by Gasteiger charge is 2.34. The predicted octanol–water partition coefficient (Wildman–Crippen LogP) is 2.88. The minimum atomic E-state index is -4.50. The summed E-state index contributed by atoms with van der Waals surface area (Å²) in [6, 6.07) is 5.30. The number of anilines is 1. The van der Waals surface area contributed by atoms with E-state index < -0.39 is 17.6 Å². The molecule has 4 nitrogen and oxygen atoms in total. The predicted molar refractivity (Wildman–Crippen MR) is 81.0 cm³/mol. The first-order valence-electron chi connectivity index (χ1n) is 7.73. The number of para-hydroxylation sites is 1. The lowest BCUT2D eigenvalue weighted by atomic mass is 10.1. The summed E-state index contributed by atoms with van der Waals surface area (Å²) in [4.78, 5) is 14.1. The van der Waals surface area contributed by atoms with Crippen LogP contribution in [0.2, 0.25) is 0 Å². The van der Waals surface area contributed by atoms with Crippen molar-refractivity contribution < 1.29 is 23.1 Å². The van der Waals surface area contributed by atoms with E-state index in [0.29, 0.717) is 19.0 Å². The van der Waals surface area contributed by atoms with Crippen LogP contribution in [0.1, 0.15) is 31.2 Å². The van der Waals surface area contributed by atoms with Crippen LogP contribution < -0.4 is 5.32 Å². The molecular weight excluding hydrogens is 309 g/mol. The van der Waals surface area contributed by atoms with Crippen molar-refractivity contribution in [3.63, 3.8) is 0 Å². The number of aliphatic hydroxyl groups excluding tert-OH is 1.